The number of hydrogen-bond donors (Lipinski definition) is 0. The monoisotopic (exact) mass is 546 g/mol. The predicted molar refractivity (Wildman–Crippen MR) is 132 cm³/mol. The maximum atomic E-state index is 10.5. The van der Waals surface area contributed by atoms with Crippen LogP contribution in [0.2, 0.25) is 11.8 Å². The molecule has 3 aliphatic carbocycles. The Labute approximate surface area is 199 Å². The summed E-state index contributed by atoms with van der Waals surface area (Å²) in [4.78, 5) is 10.8. The predicted octanol–water partition coefficient (Wildman–Crippen LogP) is 7.75. The molecule has 1 heterocycles. The first kappa shape index (κ1) is 23.6. The van der Waals surface area contributed by atoms with Crippen molar-refractivity contribution in [1.29, 1.82) is 0 Å². The number of carboxylic acid groups (broad SMARTS) is 1. The van der Waals surface area contributed by atoms with Crippen LogP contribution in [0, 0.1) is 0 Å². The molecule has 0 amide bonds. The van der Waals surface area contributed by atoms with E-state index in [9.17, 15) is 9.90 Å². The summed E-state index contributed by atoms with van der Waals surface area (Å²) in [6, 6.07) is 9.19. The molecular formula is C27H38O2SSn. The maximum Gasteiger partial charge on any atom is 0.0815 e. The molecule has 3 saturated carbocycles. The van der Waals surface area contributed by atoms with Crippen LogP contribution in [-0.4, -0.2) is 25.7 Å². The van der Waals surface area contributed by atoms with Gasteiger partial charge in [0.1, 0.15) is 0 Å². The van der Waals surface area contributed by atoms with Crippen molar-refractivity contribution in [3.8, 4) is 0 Å². The molecule has 1 aromatic carbocycles. The normalized spacial score (nSPS) is 21.4. The third-order valence-electron chi connectivity index (χ3n) is 7.86. The Hall–Kier alpha value is -0.551. The molecule has 0 N–H and O–H groups in total. The fourth-order valence-electron chi connectivity index (χ4n) is 6.39. The molecule has 168 valence electrons. The van der Waals surface area contributed by atoms with Gasteiger partial charge in [0.25, 0.3) is 0 Å². The van der Waals surface area contributed by atoms with Crippen LogP contribution >= 0.6 is 11.3 Å². The second-order valence-corrected chi connectivity index (χ2v) is 20.9. The first-order chi connectivity index (χ1) is 15.2. The number of carboxylic acids is 1. The van der Waals surface area contributed by atoms with E-state index in [-0.39, 0.29) is 4.88 Å². The van der Waals surface area contributed by atoms with Crippen molar-refractivity contribution in [2.24, 2.45) is 0 Å². The van der Waals surface area contributed by atoms with Crippen molar-refractivity contribution >= 4 is 47.2 Å². The Morgan fingerprint density at radius 3 is 1.61 bits per heavy atom. The molecule has 4 heteroatoms. The van der Waals surface area contributed by atoms with Gasteiger partial charge >= 0.3 is 128 Å². The number of fused-ring (bicyclic) bond motifs is 1. The van der Waals surface area contributed by atoms with Gasteiger partial charge in [0.2, 0.25) is 0 Å². The number of hydrogen-bond acceptors (Lipinski definition) is 3. The molecular weight excluding hydrogens is 507 g/mol. The molecule has 2 aromatic rings. The molecule has 31 heavy (non-hydrogen) atoms. The van der Waals surface area contributed by atoms with Gasteiger partial charge in [-0.3, -0.25) is 0 Å². The molecule has 1 aromatic heterocycles. The summed E-state index contributed by atoms with van der Waals surface area (Å²) in [5.74, 6) is -1.10. The second kappa shape index (κ2) is 12.1. The van der Waals surface area contributed by atoms with E-state index in [1.807, 2.05) is 24.3 Å². The molecule has 0 bridgehead atoms. The Kier molecular flexibility index (Phi) is 9.18. The van der Waals surface area contributed by atoms with Crippen LogP contribution in [0.25, 0.3) is 10.1 Å². The molecule has 0 atom stereocenters. The van der Waals surface area contributed by atoms with Crippen molar-refractivity contribution in [2.45, 2.75) is 108 Å². The quantitative estimate of drug-likeness (QED) is 0.369. The van der Waals surface area contributed by atoms with E-state index < -0.39 is 25.7 Å². The van der Waals surface area contributed by atoms with Gasteiger partial charge in [0.05, 0.1) is 10.8 Å². The molecule has 0 saturated heterocycles. The van der Waals surface area contributed by atoms with E-state index in [0.717, 1.165) is 10.1 Å². The van der Waals surface area contributed by atoms with E-state index in [4.69, 9.17) is 0 Å². The summed E-state index contributed by atoms with van der Waals surface area (Å²) in [6.45, 7) is 0. The van der Waals surface area contributed by atoms with Crippen molar-refractivity contribution < 1.29 is 9.90 Å². The van der Waals surface area contributed by atoms with Gasteiger partial charge in [-0.05, 0) is 17.5 Å². The topological polar surface area (TPSA) is 40.1 Å². The summed E-state index contributed by atoms with van der Waals surface area (Å²) >= 11 is 0.0925. The Morgan fingerprint density at radius 1 is 0.742 bits per heavy atom. The van der Waals surface area contributed by atoms with E-state index in [1.165, 1.54) is 23.1 Å². The molecule has 0 unspecified atom stereocenters. The van der Waals surface area contributed by atoms with Gasteiger partial charge in [-0.15, -0.1) is 11.3 Å². The number of benzene rings is 1. The number of thiophene rings is 1. The first-order valence-corrected chi connectivity index (χ1v) is 18.5. The summed E-state index contributed by atoms with van der Waals surface area (Å²) in [7, 11) is 0. The minimum atomic E-state index is -1.15. The van der Waals surface area contributed by atoms with Crippen LogP contribution < -0.4 is 5.11 Å². The van der Waals surface area contributed by atoms with Crippen LogP contribution in [0.15, 0.2) is 30.3 Å². The van der Waals surface area contributed by atoms with Gasteiger partial charge in [-0.25, -0.2) is 0 Å². The minimum Gasteiger partial charge on any atom is -0.544 e. The van der Waals surface area contributed by atoms with Crippen LogP contribution in [0.5, 0.6) is 0 Å². The van der Waals surface area contributed by atoms with Gasteiger partial charge in [-0.2, -0.15) is 0 Å². The van der Waals surface area contributed by atoms with Crippen molar-refractivity contribution in [3.05, 3.63) is 35.2 Å². The standard InChI is InChI=1S/C9H6O2S.3C6H11.Sn/c10-9(11)8-5-6-3-1-2-4-7(6)12-8;3*1-2-4-6-5-3-1;/h1-5H,(H,10,11);3*1H,2-6H2;/q;;;;+1/p-1. The largest absolute Gasteiger partial charge is 0.544 e. The van der Waals surface area contributed by atoms with Gasteiger partial charge in [-0.1, -0.05) is 18.2 Å². The van der Waals surface area contributed by atoms with E-state index in [1.54, 1.807) is 102 Å². The average Bonchev–Trinajstić information content (AvgIpc) is 3.27. The van der Waals surface area contributed by atoms with Crippen LogP contribution in [0.3, 0.4) is 0 Å². The Morgan fingerprint density at radius 2 is 1.19 bits per heavy atom. The van der Waals surface area contributed by atoms with Crippen molar-refractivity contribution in [1.82, 2.24) is 0 Å². The van der Waals surface area contributed by atoms with Gasteiger partial charge in [0, 0.05) is 4.70 Å². The summed E-state index contributed by atoms with van der Waals surface area (Å²) in [5.41, 5.74) is 0. The fraction of sp³-hybridized carbons (Fsp3) is 0.667. The Bertz CT molecular complexity index is 738. The zero-order chi connectivity index (χ0) is 21.5. The molecule has 3 fully saturated rings. The van der Waals surface area contributed by atoms with E-state index >= 15 is 0 Å². The number of rotatable bonds is 4. The maximum absolute atomic E-state index is 10.5. The number of carbonyl (C=O) groups is 1. The molecule has 0 radical (unpaired) electrons. The van der Waals surface area contributed by atoms with E-state index in [0.29, 0.717) is 0 Å². The average molecular weight is 545 g/mol. The van der Waals surface area contributed by atoms with Crippen LogP contribution in [0.1, 0.15) is 106 Å². The van der Waals surface area contributed by atoms with Crippen molar-refractivity contribution in [2.75, 3.05) is 0 Å². The van der Waals surface area contributed by atoms with Crippen LogP contribution in [-0.2, 0) is 0 Å². The zero-order valence-electron chi connectivity index (χ0n) is 19.0. The molecule has 5 rings (SSSR count). The fourth-order valence-corrected chi connectivity index (χ4v) is 22.2. The van der Waals surface area contributed by atoms with Gasteiger partial charge < -0.3 is 9.90 Å². The third kappa shape index (κ3) is 6.49. The van der Waals surface area contributed by atoms with Crippen LogP contribution in [0.4, 0.5) is 0 Å². The number of carbonyl (C=O) groups excluding carboxylic acids is 1. The summed E-state index contributed by atoms with van der Waals surface area (Å²) < 4.78 is 4.95. The number of aromatic carboxylic acids is 1. The smallest absolute Gasteiger partial charge is 0.0815 e. The molecule has 3 aliphatic rings. The van der Waals surface area contributed by atoms with E-state index in [2.05, 4.69) is 0 Å². The first-order valence-electron chi connectivity index (χ1n) is 12.8. The molecule has 0 aliphatic heterocycles. The zero-order valence-corrected chi connectivity index (χ0v) is 22.6. The summed E-state index contributed by atoms with van der Waals surface area (Å²) in [6.07, 6.45) is 24.2. The minimum absolute atomic E-state index is 0.288. The SMILES string of the molecule is C1CC[CH]([Sn+]([CH]2CCCCC2)[CH]2CCCCC2)CC1.O=C([O-])c1cc2ccccc2s1. The third-order valence-corrected chi connectivity index (χ3v) is 22.0. The molecule has 2 nitrogen and oxygen atoms in total. The Balaban J connectivity index is 0.000000166. The van der Waals surface area contributed by atoms with Gasteiger partial charge in [0.15, 0.2) is 0 Å². The second-order valence-electron chi connectivity index (χ2n) is 9.94. The van der Waals surface area contributed by atoms with Crippen molar-refractivity contribution in [3.63, 3.8) is 0 Å². The summed E-state index contributed by atoms with van der Waals surface area (Å²) in [5, 5.41) is 11.4. The molecule has 0 spiro atoms.